The number of piperidine rings is 1. The Bertz CT molecular complexity index is 589. The van der Waals surface area contributed by atoms with E-state index in [1.165, 1.54) is 0 Å². The molecule has 1 aliphatic heterocycles. The molecule has 0 spiro atoms. The fourth-order valence-corrected chi connectivity index (χ4v) is 3.43. The summed E-state index contributed by atoms with van der Waals surface area (Å²) in [6.07, 6.45) is 8.56. The van der Waals surface area contributed by atoms with Crippen LogP contribution in [0.15, 0.2) is 25.0 Å². The van der Waals surface area contributed by atoms with Crippen LogP contribution in [-0.2, 0) is 11.8 Å². The first-order valence-corrected chi connectivity index (χ1v) is 8.27. The molecule has 0 bridgehead atoms. The maximum atomic E-state index is 12.6. The predicted octanol–water partition coefficient (Wildman–Crippen LogP) is 2.98. The number of carbonyl (C=O) groups is 2. The van der Waals surface area contributed by atoms with E-state index < -0.39 is 0 Å². The van der Waals surface area contributed by atoms with E-state index in [0.717, 1.165) is 25.8 Å². The maximum Gasteiger partial charge on any atom is 0.223 e. The standard InChI is InChI=1S/C18H27N3O2/c1-5-7-16-18(2,3)10-6-11-21(16)17(23)9-8-15(22)14-12-19-20(4)13-14/h5,12-13,16H,1,6-11H2,2-4H3. The molecule has 1 aromatic rings. The van der Waals surface area contributed by atoms with Gasteiger partial charge in [-0.25, -0.2) is 0 Å². The number of ketones is 1. The summed E-state index contributed by atoms with van der Waals surface area (Å²) >= 11 is 0. The van der Waals surface area contributed by atoms with E-state index in [1.54, 1.807) is 24.1 Å². The number of carbonyl (C=O) groups excluding carboxylic acids is 2. The van der Waals surface area contributed by atoms with Gasteiger partial charge in [0.25, 0.3) is 0 Å². The van der Waals surface area contributed by atoms with Gasteiger partial charge in [0.2, 0.25) is 5.91 Å². The van der Waals surface area contributed by atoms with Crippen molar-refractivity contribution in [3.05, 3.63) is 30.6 Å². The molecule has 5 nitrogen and oxygen atoms in total. The van der Waals surface area contributed by atoms with E-state index >= 15 is 0 Å². The number of hydrogen-bond donors (Lipinski definition) is 0. The smallest absolute Gasteiger partial charge is 0.223 e. The zero-order chi connectivity index (χ0) is 17.0. The molecule has 126 valence electrons. The Labute approximate surface area is 138 Å². The van der Waals surface area contributed by atoms with Gasteiger partial charge in [-0.05, 0) is 24.7 Å². The Morgan fingerprint density at radius 1 is 1.43 bits per heavy atom. The van der Waals surface area contributed by atoms with Crippen molar-refractivity contribution in [2.24, 2.45) is 12.5 Å². The summed E-state index contributed by atoms with van der Waals surface area (Å²) in [7, 11) is 1.78. The van der Waals surface area contributed by atoms with E-state index in [9.17, 15) is 9.59 Å². The van der Waals surface area contributed by atoms with Gasteiger partial charge in [-0.15, -0.1) is 6.58 Å². The molecule has 1 aromatic heterocycles. The summed E-state index contributed by atoms with van der Waals surface area (Å²) in [5.41, 5.74) is 0.664. The first-order chi connectivity index (χ1) is 10.8. The Morgan fingerprint density at radius 3 is 2.78 bits per heavy atom. The van der Waals surface area contributed by atoms with Gasteiger partial charge >= 0.3 is 0 Å². The summed E-state index contributed by atoms with van der Waals surface area (Å²) < 4.78 is 1.60. The Morgan fingerprint density at radius 2 is 2.17 bits per heavy atom. The SMILES string of the molecule is C=CCC1N(C(=O)CCC(=O)c2cnn(C)c2)CCCC1(C)C. The molecule has 0 saturated carbocycles. The minimum absolute atomic E-state index is 0.0250. The van der Waals surface area contributed by atoms with Crippen molar-refractivity contribution in [1.29, 1.82) is 0 Å². The second kappa shape index (κ2) is 7.11. The highest BCUT2D eigenvalue weighted by Crippen LogP contribution is 2.37. The van der Waals surface area contributed by atoms with Gasteiger partial charge in [0.1, 0.15) is 0 Å². The van der Waals surface area contributed by atoms with Crippen molar-refractivity contribution in [1.82, 2.24) is 14.7 Å². The van der Waals surface area contributed by atoms with Crippen molar-refractivity contribution in [2.75, 3.05) is 6.54 Å². The lowest BCUT2D eigenvalue weighted by molar-refractivity contribution is -0.138. The fourth-order valence-electron chi connectivity index (χ4n) is 3.43. The highest BCUT2D eigenvalue weighted by atomic mass is 16.2. The number of nitrogens with zero attached hydrogens (tertiary/aromatic N) is 3. The summed E-state index contributed by atoms with van der Waals surface area (Å²) in [6.45, 7) is 9.03. The van der Waals surface area contributed by atoms with Crippen LogP contribution < -0.4 is 0 Å². The summed E-state index contributed by atoms with van der Waals surface area (Å²) in [5.74, 6) is 0.0462. The van der Waals surface area contributed by atoms with Crippen molar-refractivity contribution in [3.63, 3.8) is 0 Å². The van der Waals surface area contributed by atoms with Crippen LogP contribution in [0.5, 0.6) is 0 Å². The molecule has 1 atom stereocenters. The van der Waals surface area contributed by atoms with Crippen molar-refractivity contribution in [2.45, 2.75) is 52.0 Å². The third kappa shape index (κ3) is 4.09. The molecule has 1 aliphatic rings. The molecule has 1 unspecified atom stereocenters. The van der Waals surface area contributed by atoms with Crippen LogP contribution in [0.25, 0.3) is 0 Å². The van der Waals surface area contributed by atoms with Crippen LogP contribution in [-0.4, -0.2) is 39.0 Å². The number of likely N-dealkylation sites (tertiary alicyclic amines) is 1. The molecule has 23 heavy (non-hydrogen) atoms. The molecule has 1 saturated heterocycles. The van der Waals surface area contributed by atoms with Crippen LogP contribution in [0.4, 0.5) is 0 Å². The first kappa shape index (κ1) is 17.4. The van der Waals surface area contributed by atoms with Gasteiger partial charge in [-0.1, -0.05) is 19.9 Å². The van der Waals surface area contributed by atoms with Crippen molar-refractivity contribution >= 4 is 11.7 Å². The largest absolute Gasteiger partial charge is 0.339 e. The monoisotopic (exact) mass is 317 g/mol. The summed E-state index contributed by atoms with van der Waals surface area (Å²) in [6, 6.07) is 0.176. The molecule has 1 fully saturated rings. The number of hydrogen-bond acceptors (Lipinski definition) is 3. The zero-order valence-corrected chi connectivity index (χ0v) is 14.4. The third-order valence-corrected chi connectivity index (χ3v) is 4.80. The lowest BCUT2D eigenvalue weighted by atomic mass is 9.75. The van der Waals surface area contributed by atoms with Crippen molar-refractivity contribution in [3.8, 4) is 0 Å². The summed E-state index contributed by atoms with van der Waals surface area (Å²) in [4.78, 5) is 26.7. The molecule has 0 aromatic carbocycles. The quantitative estimate of drug-likeness (QED) is 0.599. The number of aryl methyl sites for hydroxylation is 1. The van der Waals surface area contributed by atoms with Crippen LogP contribution >= 0.6 is 0 Å². The lowest BCUT2D eigenvalue weighted by Crippen LogP contribution is -2.52. The van der Waals surface area contributed by atoms with Gasteiger partial charge in [-0.2, -0.15) is 5.10 Å². The van der Waals surface area contributed by atoms with Crippen LogP contribution in [0, 0.1) is 5.41 Å². The maximum absolute atomic E-state index is 12.6. The van der Waals surface area contributed by atoms with E-state index in [-0.39, 0.29) is 36.0 Å². The van der Waals surface area contributed by atoms with Gasteiger partial charge in [0.05, 0.1) is 11.8 Å². The van der Waals surface area contributed by atoms with E-state index in [1.807, 2.05) is 11.0 Å². The molecule has 0 radical (unpaired) electrons. The minimum atomic E-state index is -0.0250. The van der Waals surface area contributed by atoms with E-state index in [0.29, 0.717) is 5.56 Å². The molecular weight excluding hydrogens is 290 g/mol. The minimum Gasteiger partial charge on any atom is -0.339 e. The normalized spacial score (nSPS) is 20.3. The Kier molecular flexibility index (Phi) is 5.39. The second-order valence-corrected chi connectivity index (χ2v) is 7.05. The van der Waals surface area contributed by atoms with Gasteiger partial charge in [0.15, 0.2) is 5.78 Å². The molecule has 0 N–H and O–H groups in total. The van der Waals surface area contributed by atoms with Gasteiger partial charge < -0.3 is 4.90 Å². The Hall–Kier alpha value is -1.91. The molecular formula is C18H27N3O2. The Balaban J connectivity index is 1.98. The van der Waals surface area contributed by atoms with Gasteiger partial charge in [-0.3, -0.25) is 14.3 Å². The van der Waals surface area contributed by atoms with E-state index in [2.05, 4.69) is 25.5 Å². The number of amides is 1. The highest BCUT2D eigenvalue weighted by Gasteiger charge is 2.38. The fraction of sp³-hybridized carbons (Fsp3) is 0.611. The topological polar surface area (TPSA) is 55.2 Å². The molecule has 5 heteroatoms. The lowest BCUT2D eigenvalue weighted by Gasteiger charge is -2.46. The van der Waals surface area contributed by atoms with Crippen LogP contribution in [0.1, 0.15) is 56.3 Å². The first-order valence-electron chi connectivity index (χ1n) is 8.27. The van der Waals surface area contributed by atoms with Crippen LogP contribution in [0.3, 0.4) is 0 Å². The average molecular weight is 317 g/mol. The van der Waals surface area contributed by atoms with Crippen LogP contribution in [0.2, 0.25) is 0 Å². The zero-order valence-electron chi connectivity index (χ0n) is 14.4. The molecule has 0 aliphatic carbocycles. The predicted molar refractivity (Wildman–Crippen MR) is 90.1 cm³/mol. The number of Topliss-reactive ketones (excluding diaryl/α,β-unsaturated/α-hetero) is 1. The second-order valence-electron chi connectivity index (χ2n) is 7.05. The average Bonchev–Trinajstić information content (AvgIpc) is 2.93. The molecule has 1 amide bonds. The van der Waals surface area contributed by atoms with E-state index in [4.69, 9.17) is 0 Å². The number of aromatic nitrogens is 2. The van der Waals surface area contributed by atoms with Crippen molar-refractivity contribution < 1.29 is 9.59 Å². The number of rotatable bonds is 6. The highest BCUT2D eigenvalue weighted by molar-refractivity contribution is 5.97. The third-order valence-electron chi connectivity index (χ3n) is 4.80. The van der Waals surface area contributed by atoms with Gasteiger partial charge in [0, 0.05) is 38.7 Å². The summed E-state index contributed by atoms with van der Waals surface area (Å²) in [5, 5.41) is 4.00. The molecule has 2 rings (SSSR count). The molecule has 2 heterocycles.